The average Bonchev–Trinajstić information content (AvgIpc) is 2.86. The van der Waals surface area contributed by atoms with E-state index >= 15 is 0 Å². The fourth-order valence-electron chi connectivity index (χ4n) is 4.27. The Morgan fingerprint density at radius 2 is 1.67 bits per heavy atom. The highest BCUT2D eigenvalue weighted by Crippen LogP contribution is 2.24. The Hall–Kier alpha value is -3.39. The van der Waals surface area contributed by atoms with Gasteiger partial charge in [-0.3, -0.25) is 9.59 Å². The maximum Gasteiger partial charge on any atom is 0.321 e. The predicted molar refractivity (Wildman–Crippen MR) is 126 cm³/mol. The molecule has 2 N–H and O–H groups in total. The number of urea groups is 1. The van der Waals surface area contributed by atoms with Crippen LogP contribution in [0.3, 0.4) is 0 Å². The number of nitrogens with one attached hydrogen (secondary N) is 2. The molecule has 33 heavy (non-hydrogen) atoms. The molecule has 0 bridgehead atoms. The van der Waals surface area contributed by atoms with Crippen LogP contribution in [0, 0.1) is 12.8 Å². The average molecular weight is 451 g/mol. The summed E-state index contributed by atoms with van der Waals surface area (Å²) in [5, 5.41) is 5.88. The molecular formula is C25H30N4O4. The number of rotatable bonds is 4. The number of morpholine rings is 1. The van der Waals surface area contributed by atoms with Crippen molar-refractivity contribution < 1.29 is 19.1 Å². The van der Waals surface area contributed by atoms with Crippen LogP contribution < -0.4 is 10.6 Å². The molecule has 0 aromatic heterocycles. The Morgan fingerprint density at radius 1 is 0.909 bits per heavy atom. The third-order valence-electron chi connectivity index (χ3n) is 6.22. The van der Waals surface area contributed by atoms with Gasteiger partial charge in [0.1, 0.15) is 0 Å². The first-order chi connectivity index (χ1) is 16.0. The molecule has 2 heterocycles. The van der Waals surface area contributed by atoms with E-state index in [9.17, 15) is 14.4 Å². The predicted octanol–water partition coefficient (Wildman–Crippen LogP) is 3.35. The highest BCUT2D eigenvalue weighted by molar-refractivity contribution is 6.00. The maximum absolute atomic E-state index is 13.0. The van der Waals surface area contributed by atoms with Gasteiger partial charge >= 0.3 is 6.03 Å². The minimum Gasteiger partial charge on any atom is -0.378 e. The summed E-state index contributed by atoms with van der Waals surface area (Å²) in [5.41, 5.74) is 2.69. The first-order valence-corrected chi connectivity index (χ1v) is 11.4. The van der Waals surface area contributed by atoms with E-state index in [1.165, 1.54) is 0 Å². The lowest BCUT2D eigenvalue weighted by atomic mass is 9.96. The number of para-hydroxylation sites is 1. The summed E-state index contributed by atoms with van der Waals surface area (Å²) in [6.07, 6.45) is 1.47. The molecule has 0 spiro atoms. The summed E-state index contributed by atoms with van der Waals surface area (Å²) >= 11 is 0. The molecule has 4 amide bonds. The number of amides is 4. The minimum atomic E-state index is -0.307. The van der Waals surface area contributed by atoms with Gasteiger partial charge in [-0.25, -0.2) is 4.79 Å². The standard InChI is InChI=1S/C25H30N4O4/c1-18-21(24(31)28-13-15-33-16-14-28)10-5-11-22(18)27-23(30)19-7-6-12-29(17-19)25(32)26-20-8-3-2-4-9-20/h2-5,8-11,19H,6-7,12-17H2,1H3,(H,26,32)(H,27,30). The van der Waals surface area contributed by atoms with Gasteiger partial charge in [-0.05, 0) is 49.6 Å². The Bertz CT molecular complexity index is 1000. The third kappa shape index (κ3) is 5.51. The van der Waals surface area contributed by atoms with Crippen LogP contribution in [0.1, 0.15) is 28.8 Å². The highest BCUT2D eigenvalue weighted by Gasteiger charge is 2.29. The SMILES string of the molecule is Cc1c(NC(=O)C2CCCN(C(=O)Nc3ccccc3)C2)cccc1C(=O)N1CCOCC1. The zero-order valence-corrected chi connectivity index (χ0v) is 18.9. The molecule has 0 saturated carbocycles. The second kappa shape index (κ2) is 10.5. The Labute approximate surface area is 193 Å². The first-order valence-electron chi connectivity index (χ1n) is 11.4. The van der Waals surface area contributed by atoms with Gasteiger partial charge < -0.3 is 25.2 Å². The van der Waals surface area contributed by atoms with Crippen LogP contribution >= 0.6 is 0 Å². The molecule has 2 aliphatic heterocycles. The van der Waals surface area contributed by atoms with E-state index in [2.05, 4.69) is 10.6 Å². The van der Waals surface area contributed by atoms with Crippen LogP contribution in [0.15, 0.2) is 48.5 Å². The molecule has 4 rings (SSSR count). The summed E-state index contributed by atoms with van der Waals surface area (Å²) in [6.45, 7) is 5.04. The Balaban J connectivity index is 1.39. The monoisotopic (exact) mass is 450 g/mol. The lowest BCUT2D eigenvalue weighted by Gasteiger charge is -2.32. The molecule has 2 fully saturated rings. The molecule has 8 nitrogen and oxygen atoms in total. The topological polar surface area (TPSA) is 91.0 Å². The van der Waals surface area contributed by atoms with Crippen LogP contribution in [0.25, 0.3) is 0 Å². The van der Waals surface area contributed by atoms with Crippen LogP contribution in [-0.2, 0) is 9.53 Å². The van der Waals surface area contributed by atoms with Crippen LogP contribution in [0.5, 0.6) is 0 Å². The fraction of sp³-hybridized carbons (Fsp3) is 0.400. The van der Waals surface area contributed by atoms with Crippen molar-refractivity contribution in [2.24, 2.45) is 5.92 Å². The van der Waals surface area contributed by atoms with Crippen molar-refractivity contribution in [2.45, 2.75) is 19.8 Å². The van der Waals surface area contributed by atoms with Crippen LogP contribution in [0.4, 0.5) is 16.2 Å². The number of likely N-dealkylation sites (tertiary alicyclic amines) is 1. The third-order valence-corrected chi connectivity index (χ3v) is 6.22. The molecule has 0 aliphatic carbocycles. The molecule has 2 saturated heterocycles. The van der Waals surface area contributed by atoms with Gasteiger partial charge in [0, 0.05) is 43.1 Å². The van der Waals surface area contributed by atoms with Crippen molar-refractivity contribution in [2.75, 3.05) is 50.0 Å². The maximum atomic E-state index is 13.0. The number of benzene rings is 2. The molecule has 2 aromatic carbocycles. The van der Waals surface area contributed by atoms with Crippen LogP contribution in [0.2, 0.25) is 0 Å². The van der Waals surface area contributed by atoms with Gasteiger partial charge in [-0.15, -0.1) is 0 Å². The molecule has 1 unspecified atom stereocenters. The van der Waals surface area contributed by atoms with E-state index in [4.69, 9.17) is 4.74 Å². The van der Waals surface area contributed by atoms with Crippen LogP contribution in [-0.4, -0.2) is 67.0 Å². The van der Waals surface area contributed by atoms with Crippen molar-refractivity contribution in [3.8, 4) is 0 Å². The lowest BCUT2D eigenvalue weighted by Crippen LogP contribution is -2.45. The smallest absolute Gasteiger partial charge is 0.321 e. The van der Waals surface area contributed by atoms with Gasteiger partial charge in [-0.1, -0.05) is 24.3 Å². The van der Waals surface area contributed by atoms with E-state index in [0.717, 1.165) is 17.7 Å². The van der Waals surface area contributed by atoms with E-state index < -0.39 is 0 Å². The zero-order chi connectivity index (χ0) is 23.2. The Morgan fingerprint density at radius 3 is 2.42 bits per heavy atom. The lowest BCUT2D eigenvalue weighted by molar-refractivity contribution is -0.121. The zero-order valence-electron chi connectivity index (χ0n) is 18.9. The normalized spacial score (nSPS) is 18.5. The van der Waals surface area contributed by atoms with Crippen molar-refractivity contribution in [1.82, 2.24) is 9.80 Å². The van der Waals surface area contributed by atoms with E-state index in [1.54, 1.807) is 21.9 Å². The molecule has 1 atom stereocenters. The first kappa shape index (κ1) is 22.8. The van der Waals surface area contributed by atoms with Gasteiger partial charge in [0.05, 0.1) is 19.1 Å². The van der Waals surface area contributed by atoms with Gasteiger partial charge in [0.15, 0.2) is 0 Å². The summed E-state index contributed by atoms with van der Waals surface area (Å²) in [5.74, 6) is -0.488. The molecule has 174 valence electrons. The molecule has 0 radical (unpaired) electrons. The number of hydrogen-bond donors (Lipinski definition) is 2. The van der Waals surface area contributed by atoms with Gasteiger partial charge in [-0.2, -0.15) is 0 Å². The molecular weight excluding hydrogens is 420 g/mol. The second-order valence-electron chi connectivity index (χ2n) is 8.45. The van der Waals surface area contributed by atoms with E-state index in [-0.39, 0.29) is 23.8 Å². The molecule has 8 heteroatoms. The number of nitrogens with zero attached hydrogens (tertiary/aromatic N) is 2. The fourth-order valence-corrected chi connectivity index (χ4v) is 4.27. The summed E-state index contributed by atoms with van der Waals surface area (Å²) < 4.78 is 5.33. The minimum absolute atomic E-state index is 0.0478. The molecule has 2 aromatic rings. The number of carbonyl (C=O) groups is 3. The van der Waals surface area contributed by atoms with Crippen molar-refractivity contribution in [3.05, 3.63) is 59.7 Å². The van der Waals surface area contributed by atoms with E-state index in [1.807, 2.05) is 43.3 Å². The number of piperidine rings is 1. The summed E-state index contributed by atoms with van der Waals surface area (Å²) in [7, 11) is 0. The number of ether oxygens (including phenoxy) is 1. The van der Waals surface area contributed by atoms with E-state index in [0.29, 0.717) is 57.1 Å². The molecule has 2 aliphatic rings. The van der Waals surface area contributed by atoms with Crippen molar-refractivity contribution in [3.63, 3.8) is 0 Å². The van der Waals surface area contributed by atoms with Gasteiger partial charge in [0.2, 0.25) is 5.91 Å². The highest BCUT2D eigenvalue weighted by atomic mass is 16.5. The van der Waals surface area contributed by atoms with Crippen molar-refractivity contribution >= 4 is 29.2 Å². The quantitative estimate of drug-likeness (QED) is 0.747. The van der Waals surface area contributed by atoms with Crippen molar-refractivity contribution in [1.29, 1.82) is 0 Å². The number of anilines is 2. The Kier molecular flexibility index (Phi) is 7.24. The van der Waals surface area contributed by atoms with Gasteiger partial charge in [0.25, 0.3) is 5.91 Å². The number of hydrogen-bond acceptors (Lipinski definition) is 4. The number of carbonyl (C=O) groups excluding carboxylic acids is 3. The summed E-state index contributed by atoms with van der Waals surface area (Å²) in [4.78, 5) is 42.1. The largest absolute Gasteiger partial charge is 0.378 e. The summed E-state index contributed by atoms with van der Waals surface area (Å²) in [6, 6.07) is 14.5. The second-order valence-corrected chi connectivity index (χ2v) is 8.45.